The Morgan fingerprint density at radius 2 is 1.92 bits per heavy atom. The average Bonchev–Trinajstić information content (AvgIpc) is 3.06. The molecule has 1 heterocycles. The highest BCUT2D eigenvalue weighted by Crippen LogP contribution is 2.33. The van der Waals surface area contributed by atoms with E-state index >= 15 is 0 Å². The van der Waals surface area contributed by atoms with E-state index in [9.17, 15) is 4.91 Å². The summed E-state index contributed by atoms with van der Waals surface area (Å²) in [6.07, 6.45) is 1.95. The van der Waals surface area contributed by atoms with Crippen LogP contribution in [0.1, 0.15) is 22.7 Å². The first-order valence-corrected chi connectivity index (χ1v) is 9.24. The molecule has 3 rings (SSSR count). The molecule has 0 bridgehead atoms. The maximum Gasteiger partial charge on any atom is 0.153 e. The molecule has 0 aliphatic carbocycles. The van der Waals surface area contributed by atoms with Crippen LogP contribution in [0.5, 0.6) is 0 Å². The highest BCUT2D eigenvalue weighted by atomic mass is 35.5. The quantitative estimate of drug-likeness (QED) is 0.257. The van der Waals surface area contributed by atoms with Crippen LogP contribution in [0.2, 0.25) is 10.0 Å². The smallest absolute Gasteiger partial charge is 0.153 e. The lowest BCUT2D eigenvalue weighted by Gasteiger charge is -2.25. The van der Waals surface area contributed by atoms with Gasteiger partial charge in [0.15, 0.2) is 11.5 Å². The van der Waals surface area contributed by atoms with E-state index in [-0.39, 0.29) is 6.67 Å². The first-order chi connectivity index (χ1) is 12.5. The lowest BCUT2D eigenvalue weighted by molar-refractivity contribution is 0.232. The van der Waals surface area contributed by atoms with E-state index in [1.54, 1.807) is 12.1 Å². The van der Waals surface area contributed by atoms with Gasteiger partial charge in [-0.2, -0.15) is 10.0 Å². The summed E-state index contributed by atoms with van der Waals surface area (Å²) in [7, 11) is 0. The molecule has 2 aromatic carbocycles. The second kappa shape index (κ2) is 8.44. The van der Waals surface area contributed by atoms with Gasteiger partial charge < -0.3 is 0 Å². The zero-order valence-corrected chi connectivity index (χ0v) is 16.4. The number of rotatable bonds is 6. The first kappa shape index (κ1) is 19.2. The Morgan fingerprint density at radius 1 is 1.15 bits per heavy atom. The average molecular weight is 432 g/mol. The van der Waals surface area contributed by atoms with Crippen LogP contribution < -0.4 is 0 Å². The minimum absolute atomic E-state index is 0.271. The van der Waals surface area contributed by atoms with Crippen LogP contribution in [-0.4, -0.2) is 27.9 Å². The zero-order valence-electron chi connectivity index (χ0n) is 13.4. The summed E-state index contributed by atoms with van der Waals surface area (Å²) < 4.78 is 1.34. The van der Waals surface area contributed by atoms with Crippen molar-refractivity contribution in [3.8, 4) is 0 Å². The summed E-state index contributed by atoms with van der Waals surface area (Å²) in [5.74, 6) is 0. The maximum atomic E-state index is 11.6. The van der Waals surface area contributed by atoms with Gasteiger partial charge in [0.05, 0.1) is 0 Å². The monoisotopic (exact) mass is 430 g/mol. The lowest BCUT2D eigenvalue weighted by Crippen LogP contribution is -2.32. The van der Waals surface area contributed by atoms with Crippen molar-refractivity contribution in [2.45, 2.75) is 18.0 Å². The minimum atomic E-state index is -0.820. The molecule has 1 aliphatic rings. The number of nitroso groups, excluding NO2 is 1. The Morgan fingerprint density at radius 3 is 2.58 bits per heavy atom. The molecule has 2 atom stereocenters. The molecule has 9 heteroatoms. The van der Waals surface area contributed by atoms with E-state index in [1.807, 2.05) is 30.3 Å². The molecule has 0 radical (unpaired) electrons. The van der Waals surface area contributed by atoms with Crippen molar-refractivity contribution in [2.24, 2.45) is 10.3 Å². The predicted octanol–water partition coefficient (Wildman–Crippen LogP) is 5.63. The third-order valence-corrected chi connectivity index (χ3v) is 5.28. The second-order valence-electron chi connectivity index (χ2n) is 5.75. The number of hydrazone groups is 1. The van der Waals surface area contributed by atoms with Crippen LogP contribution in [0.3, 0.4) is 0 Å². The van der Waals surface area contributed by atoms with Gasteiger partial charge in [0.25, 0.3) is 0 Å². The highest BCUT2D eigenvalue weighted by molar-refractivity contribution is 6.35. The maximum absolute atomic E-state index is 11.6. The largest absolute Gasteiger partial charge is 0.254 e. The number of benzene rings is 2. The SMILES string of the molecule is O=NC(c1ccccc1Cc1ccc(Cl)cc1Cl)C(Cl)N1CN(Cl)C=N1. The molecule has 2 aromatic rings. The standard InChI is InChI=1S/C17H14Cl4N4O/c18-13-6-5-12(15(19)8-13)7-11-3-1-2-4-14(11)16(23-26)17(20)25-10-24(21)9-22-25/h1-6,8-9,16-17H,7,10H2. The number of hydrogen-bond acceptors (Lipinski definition) is 5. The molecule has 0 spiro atoms. The number of nitrogens with zero attached hydrogens (tertiary/aromatic N) is 4. The fraction of sp³-hybridized carbons (Fsp3) is 0.235. The molecular formula is C17H14Cl4N4O. The van der Waals surface area contributed by atoms with E-state index in [2.05, 4.69) is 10.3 Å². The molecule has 0 saturated heterocycles. The molecule has 136 valence electrons. The van der Waals surface area contributed by atoms with Crippen molar-refractivity contribution in [2.75, 3.05) is 6.67 Å². The van der Waals surface area contributed by atoms with E-state index < -0.39 is 11.5 Å². The molecular weight excluding hydrogens is 418 g/mol. The summed E-state index contributed by atoms with van der Waals surface area (Å²) in [4.78, 5) is 11.6. The van der Waals surface area contributed by atoms with Gasteiger partial charge in [-0.05, 0) is 35.2 Å². The van der Waals surface area contributed by atoms with Crippen LogP contribution >= 0.6 is 46.6 Å². The molecule has 0 N–H and O–H groups in total. The second-order valence-corrected chi connectivity index (χ2v) is 7.47. The van der Waals surface area contributed by atoms with Crippen LogP contribution in [0.15, 0.2) is 52.7 Å². The Kier molecular flexibility index (Phi) is 6.24. The van der Waals surface area contributed by atoms with Gasteiger partial charge in [-0.25, -0.2) is 0 Å². The predicted molar refractivity (Wildman–Crippen MR) is 107 cm³/mol. The zero-order chi connectivity index (χ0) is 18.7. The molecule has 0 saturated carbocycles. The number of halogens is 4. The minimum Gasteiger partial charge on any atom is -0.254 e. The molecule has 0 fully saturated rings. The molecule has 0 amide bonds. The van der Waals surface area contributed by atoms with E-state index in [0.29, 0.717) is 16.5 Å². The van der Waals surface area contributed by atoms with E-state index in [0.717, 1.165) is 16.7 Å². The van der Waals surface area contributed by atoms with Crippen molar-refractivity contribution >= 4 is 52.9 Å². The van der Waals surface area contributed by atoms with E-state index in [4.69, 9.17) is 46.6 Å². The van der Waals surface area contributed by atoms with Gasteiger partial charge >= 0.3 is 0 Å². The topological polar surface area (TPSA) is 48.3 Å². The van der Waals surface area contributed by atoms with Crippen LogP contribution in [-0.2, 0) is 6.42 Å². The van der Waals surface area contributed by atoms with Crippen molar-refractivity contribution in [1.82, 2.24) is 9.43 Å². The lowest BCUT2D eigenvalue weighted by atomic mass is 9.95. The van der Waals surface area contributed by atoms with Gasteiger partial charge in [0.1, 0.15) is 13.0 Å². The normalized spacial score (nSPS) is 16.0. The van der Waals surface area contributed by atoms with Gasteiger partial charge in [-0.15, -0.1) is 0 Å². The van der Waals surface area contributed by atoms with Crippen molar-refractivity contribution < 1.29 is 0 Å². The Hall–Kier alpha value is -1.53. The van der Waals surface area contributed by atoms with Gasteiger partial charge in [-0.1, -0.05) is 70.3 Å². The summed E-state index contributed by atoms with van der Waals surface area (Å²) >= 11 is 24.6. The fourth-order valence-electron chi connectivity index (χ4n) is 2.75. The summed E-state index contributed by atoms with van der Waals surface area (Å²) in [5, 5.41) is 9.97. The van der Waals surface area contributed by atoms with Gasteiger partial charge in [0, 0.05) is 21.8 Å². The molecule has 5 nitrogen and oxygen atoms in total. The summed E-state index contributed by atoms with van der Waals surface area (Å²) in [6.45, 7) is 0.271. The van der Waals surface area contributed by atoms with Crippen LogP contribution in [0, 0.1) is 4.91 Å². The van der Waals surface area contributed by atoms with Crippen molar-refractivity contribution in [3.05, 3.63) is 74.1 Å². The molecule has 2 unspecified atom stereocenters. The molecule has 26 heavy (non-hydrogen) atoms. The molecule has 0 aromatic heterocycles. The van der Waals surface area contributed by atoms with Crippen LogP contribution in [0.4, 0.5) is 0 Å². The van der Waals surface area contributed by atoms with Gasteiger partial charge in [-0.3, -0.25) is 9.43 Å². The highest BCUT2D eigenvalue weighted by Gasteiger charge is 2.31. The van der Waals surface area contributed by atoms with Crippen LogP contribution in [0.25, 0.3) is 0 Å². The van der Waals surface area contributed by atoms with Gasteiger partial charge in [0.2, 0.25) is 0 Å². The Bertz CT molecular complexity index is 832. The summed E-state index contributed by atoms with van der Waals surface area (Å²) in [6, 6.07) is 12.0. The third-order valence-electron chi connectivity index (χ3n) is 4.03. The number of hydrogen-bond donors (Lipinski definition) is 0. The Labute approximate surface area is 171 Å². The fourth-order valence-corrected chi connectivity index (χ4v) is 3.67. The van der Waals surface area contributed by atoms with E-state index in [1.165, 1.54) is 15.8 Å². The Balaban J connectivity index is 1.89. The van der Waals surface area contributed by atoms with Crippen molar-refractivity contribution in [1.29, 1.82) is 0 Å². The van der Waals surface area contributed by atoms with Crippen molar-refractivity contribution in [3.63, 3.8) is 0 Å². The molecule has 1 aliphatic heterocycles. The summed E-state index contributed by atoms with van der Waals surface area (Å²) in [5.41, 5.74) is 1.74. The third kappa shape index (κ3) is 4.23. The first-order valence-electron chi connectivity index (χ1n) is 7.71. The number of alkyl halides is 1.